The van der Waals surface area contributed by atoms with Crippen LogP contribution >= 0.6 is 11.6 Å². The van der Waals surface area contributed by atoms with Crippen LogP contribution in [0, 0.1) is 0 Å². The van der Waals surface area contributed by atoms with E-state index in [4.69, 9.17) is 11.6 Å². The predicted octanol–water partition coefficient (Wildman–Crippen LogP) is 2.24. The van der Waals surface area contributed by atoms with E-state index < -0.39 is 6.10 Å². The summed E-state index contributed by atoms with van der Waals surface area (Å²) in [6.45, 7) is 1.35. The molecule has 2 aromatic rings. The molecule has 3 N–H and O–H groups in total. The van der Waals surface area contributed by atoms with E-state index in [1.807, 2.05) is 6.07 Å². The summed E-state index contributed by atoms with van der Waals surface area (Å²) < 4.78 is 0. The topological polar surface area (TPSA) is 81.5 Å². The Morgan fingerprint density at radius 1 is 1.29 bits per heavy atom. The lowest BCUT2D eigenvalue weighted by Crippen LogP contribution is -2.32. The second kappa shape index (κ2) is 7.79. The standard InChI is InChI=1S/C17H21ClN4O2/c18-13-5-3-12(4-6-13)15(24)9-19-16-8-17(21-11-20-16)22-7-1-2-14(22)10-23/h3-6,8,11,14-15,23-24H,1-2,7,9-10H2,(H,19,20,21)/t14-,15-/m1/s1. The van der Waals surface area contributed by atoms with E-state index in [1.54, 1.807) is 24.3 Å². The van der Waals surface area contributed by atoms with E-state index in [1.165, 1.54) is 6.33 Å². The van der Waals surface area contributed by atoms with Crippen molar-refractivity contribution < 1.29 is 10.2 Å². The molecular formula is C17H21ClN4O2. The van der Waals surface area contributed by atoms with Crippen LogP contribution in [0.3, 0.4) is 0 Å². The van der Waals surface area contributed by atoms with Gasteiger partial charge >= 0.3 is 0 Å². The number of benzene rings is 1. The zero-order valence-corrected chi connectivity index (χ0v) is 14.0. The van der Waals surface area contributed by atoms with Crippen molar-refractivity contribution in [2.75, 3.05) is 29.9 Å². The maximum Gasteiger partial charge on any atom is 0.134 e. The first kappa shape index (κ1) is 17.0. The molecule has 2 atom stereocenters. The van der Waals surface area contributed by atoms with Crippen molar-refractivity contribution in [3.63, 3.8) is 0 Å². The van der Waals surface area contributed by atoms with Crippen LogP contribution < -0.4 is 10.2 Å². The van der Waals surface area contributed by atoms with Crippen molar-refractivity contribution in [1.29, 1.82) is 0 Å². The fourth-order valence-corrected chi connectivity index (χ4v) is 3.06. The van der Waals surface area contributed by atoms with Gasteiger partial charge in [-0.3, -0.25) is 0 Å². The summed E-state index contributed by atoms with van der Waals surface area (Å²) in [5.41, 5.74) is 0.793. The van der Waals surface area contributed by atoms with Gasteiger partial charge in [-0.25, -0.2) is 9.97 Å². The molecule has 24 heavy (non-hydrogen) atoms. The molecule has 2 heterocycles. The summed E-state index contributed by atoms with van der Waals surface area (Å²) in [6.07, 6.45) is 2.86. The molecule has 0 spiro atoms. The molecule has 3 rings (SSSR count). The number of rotatable bonds is 6. The fourth-order valence-electron chi connectivity index (χ4n) is 2.93. The Kier molecular flexibility index (Phi) is 5.50. The summed E-state index contributed by atoms with van der Waals surface area (Å²) in [7, 11) is 0. The molecule has 1 aliphatic rings. The van der Waals surface area contributed by atoms with Crippen LogP contribution in [-0.2, 0) is 0 Å². The SMILES string of the molecule is OC[C@H]1CCCN1c1cc(NC[C@@H](O)c2ccc(Cl)cc2)ncn1. The molecule has 0 amide bonds. The van der Waals surface area contributed by atoms with Crippen LogP contribution in [-0.4, -0.2) is 45.9 Å². The van der Waals surface area contributed by atoms with E-state index in [0.717, 1.165) is 30.8 Å². The Labute approximate surface area is 146 Å². The van der Waals surface area contributed by atoms with E-state index >= 15 is 0 Å². The third-order valence-corrected chi connectivity index (χ3v) is 4.52. The molecule has 0 saturated carbocycles. The molecule has 0 radical (unpaired) electrons. The normalized spacial score (nSPS) is 18.6. The van der Waals surface area contributed by atoms with Crippen molar-refractivity contribution >= 4 is 23.2 Å². The number of aromatic nitrogens is 2. The van der Waals surface area contributed by atoms with Crippen molar-refractivity contribution in [3.8, 4) is 0 Å². The van der Waals surface area contributed by atoms with Crippen LogP contribution in [0.25, 0.3) is 0 Å². The minimum absolute atomic E-state index is 0.118. The highest BCUT2D eigenvalue weighted by Gasteiger charge is 2.25. The maximum atomic E-state index is 10.2. The van der Waals surface area contributed by atoms with Gasteiger partial charge in [0, 0.05) is 24.2 Å². The molecule has 1 saturated heterocycles. The Morgan fingerprint density at radius 3 is 2.83 bits per heavy atom. The lowest BCUT2D eigenvalue weighted by Gasteiger charge is -2.24. The molecule has 7 heteroatoms. The van der Waals surface area contributed by atoms with Crippen LogP contribution in [0.5, 0.6) is 0 Å². The minimum Gasteiger partial charge on any atom is -0.394 e. The Balaban J connectivity index is 1.63. The highest BCUT2D eigenvalue weighted by atomic mass is 35.5. The summed E-state index contributed by atoms with van der Waals surface area (Å²) in [4.78, 5) is 10.6. The summed E-state index contributed by atoms with van der Waals surface area (Å²) >= 11 is 5.86. The molecular weight excluding hydrogens is 328 g/mol. The fraction of sp³-hybridized carbons (Fsp3) is 0.412. The average molecular weight is 349 g/mol. The number of aliphatic hydroxyl groups excluding tert-OH is 2. The van der Waals surface area contributed by atoms with Gasteiger partial charge in [0.2, 0.25) is 0 Å². The summed E-state index contributed by atoms with van der Waals surface area (Å²) in [6, 6.07) is 9.08. The highest BCUT2D eigenvalue weighted by Crippen LogP contribution is 2.25. The third-order valence-electron chi connectivity index (χ3n) is 4.27. The minimum atomic E-state index is -0.655. The van der Waals surface area contributed by atoms with E-state index in [-0.39, 0.29) is 12.6 Å². The maximum absolute atomic E-state index is 10.2. The first-order valence-electron chi connectivity index (χ1n) is 8.04. The first-order chi connectivity index (χ1) is 11.7. The Hall–Kier alpha value is -1.89. The van der Waals surface area contributed by atoms with Gasteiger partial charge in [0.25, 0.3) is 0 Å². The number of anilines is 2. The van der Waals surface area contributed by atoms with Crippen molar-refractivity contribution in [3.05, 3.63) is 47.2 Å². The number of aliphatic hydroxyl groups is 2. The molecule has 6 nitrogen and oxygen atoms in total. The molecule has 0 bridgehead atoms. The number of hydrogen-bond donors (Lipinski definition) is 3. The molecule has 0 aliphatic carbocycles. The molecule has 128 valence electrons. The number of nitrogens with one attached hydrogen (secondary N) is 1. The molecule has 1 aromatic carbocycles. The zero-order valence-electron chi connectivity index (χ0n) is 13.3. The summed E-state index contributed by atoms with van der Waals surface area (Å²) in [5.74, 6) is 1.45. The van der Waals surface area contributed by atoms with E-state index in [0.29, 0.717) is 17.4 Å². The molecule has 1 fully saturated rings. The highest BCUT2D eigenvalue weighted by molar-refractivity contribution is 6.30. The van der Waals surface area contributed by atoms with E-state index in [9.17, 15) is 10.2 Å². The predicted molar refractivity (Wildman–Crippen MR) is 94.4 cm³/mol. The van der Waals surface area contributed by atoms with Crippen molar-refractivity contribution in [2.45, 2.75) is 25.0 Å². The van der Waals surface area contributed by atoms with Crippen LogP contribution in [0.4, 0.5) is 11.6 Å². The van der Waals surface area contributed by atoms with Crippen molar-refractivity contribution in [2.24, 2.45) is 0 Å². The summed E-state index contributed by atoms with van der Waals surface area (Å²) in [5, 5.41) is 23.5. The zero-order chi connectivity index (χ0) is 16.9. The lowest BCUT2D eigenvalue weighted by atomic mass is 10.1. The second-order valence-electron chi connectivity index (χ2n) is 5.88. The van der Waals surface area contributed by atoms with Gasteiger partial charge in [0.1, 0.15) is 18.0 Å². The van der Waals surface area contributed by atoms with Crippen LogP contribution in [0.2, 0.25) is 5.02 Å². The van der Waals surface area contributed by atoms with Crippen molar-refractivity contribution in [1.82, 2.24) is 9.97 Å². The van der Waals surface area contributed by atoms with E-state index in [2.05, 4.69) is 20.2 Å². The molecule has 0 unspecified atom stereocenters. The quantitative estimate of drug-likeness (QED) is 0.742. The lowest BCUT2D eigenvalue weighted by molar-refractivity contribution is 0.191. The Morgan fingerprint density at radius 2 is 2.08 bits per heavy atom. The van der Waals surface area contributed by atoms with Gasteiger partial charge < -0.3 is 20.4 Å². The monoisotopic (exact) mass is 348 g/mol. The first-order valence-corrected chi connectivity index (χ1v) is 8.42. The number of hydrogen-bond acceptors (Lipinski definition) is 6. The van der Waals surface area contributed by atoms with Gasteiger partial charge in [-0.2, -0.15) is 0 Å². The average Bonchev–Trinajstić information content (AvgIpc) is 3.09. The molecule has 1 aromatic heterocycles. The third kappa shape index (κ3) is 3.95. The largest absolute Gasteiger partial charge is 0.394 e. The Bertz CT molecular complexity index is 668. The number of nitrogens with zero attached hydrogens (tertiary/aromatic N) is 3. The van der Waals surface area contributed by atoms with Gasteiger partial charge in [-0.1, -0.05) is 23.7 Å². The van der Waals surface area contributed by atoms with Gasteiger partial charge in [0.05, 0.1) is 18.8 Å². The van der Waals surface area contributed by atoms with Gasteiger partial charge in [-0.15, -0.1) is 0 Å². The second-order valence-corrected chi connectivity index (χ2v) is 6.32. The van der Waals surface area contributed by atoms with Crippen LogP contribution in [0.1, 0.15) is 24.5 Å². The van der Waals surface area contributed by atoms with Gasteiger partial charge in [0.15, 0.2) is 0 Å². The van der Waals surface area contributed by atoms with Crippen LogP contribution in [0.15, 0.2) is 36.7 Å². The van der Waals surface area contributed by atoms with Gasteiger partial charge in [-0.05, 0) is 30.5 Å². The molecule has 1 aliphatic heterocycles. The number of halogens is 1. The smallest absolute Gasteiger partial charge is 0.134 e.